The van der Waals surface area contributed by atoms with Crippen molar-refractivity contribution in [2.24, 2.45) is 22.4 Å². The number of nitrogens with zero attached hydrogens (tertiary/aromatic N) is 3. The number of nitrogens with one attached hydrogen (secondary N) is 3. The summed E-state index contributed by atoms with van der Waals surface area (Å²) in [5.41, 5.74) is 8.94. The lowest BCUT2D eigenvalue weighted by molar-refractivity contribution is -0.147. The maximum Gasteiger partial charge on any atom is 0.272 e. The van der Waals surface area contributed by atoms with E-state index in [0.717, 1.165) is 0 Å². The molecule has 5 N–H and O–H groups in total. The van der Waals surface area contributed by atoms with Gasteiger partial charge in [0.15, 0.2) is 0 Å². The second kappa shape index (κ2) is 12.2. The molecule has 0 aromatic rings. The molecule has 0 aliphatic rings. The fraction of sp³-hybridized carbons (Fsp3) is 0.824. The van der Waals surface area contributed by atoms with Gasteiger partial charge in [-0.2, -0.15) is 0 Å². The van der Waals surface area contributed by atoms with Crippen LogP contribution in [0.3, 0.4) is 0 Å². The Morgan fingerprint density at radius 1 is 1.14 bits per heavy atom. The Kier molecular flexibility index (Phi) is 11.1. The molecule has 160 valence electrons. The van der Waals surface area contributed by atoms with Crippen LogP contribution in [0.2, 0.25) is 0 Å². The molecular formula is C17H32N6O5. The number of rotatable bonds is 11. The molecule has 0 rings (SSSR count). The topological polar surface area (TPSA) is 177 Å². The summed E-state index contributed by atoms with van der Waals surface area (Å²) in [5.74, 6) is -3.31. The van der Waals surface area contributed by atoms with Crippen molar-refractivity contribution in [2.45, 2.75) is 59.6 Å². The van der Waals surface area contributed by atoms with Gasteiger partial charge in [-0.05, 0) is 29.7 Å². The molecule has 0 spiro atoms. The predicted molar refractivity (Wildman–Crippen MR) is 102 cm³/mol. The number of carbonyl (C=O) groups is 3. The normalized spacial score (nSPS) is 14.4. The number of hydrogen-bond donors (Lipinski definition) is 5. The van der Waals surface area contributed by atoms with Crippen LogP contribution in [0.5, 0.6) is 0 Å². The van der Waals surface area contributed by atoms with E-state index in [1.54, 1.807) is 20.8 Å². The summed E-state index contributed by atoms with van der Waals surface area (Å²) in [7, 11) is 0. The Hall–Kier alpha value is -2.36. The molecule has 0 unspecified atom stereocenters. The molecule has 11 heteroatoms. The third kappa shape index (κ3) is 9.03. The lowest BCUT2D eigenvalue weighted by atomic mass is 9.84. The van der Waals surface area contributed by atoms with Crippen molar-refractivity contribution in [1.29, 1.82) is 0 Å². The first-order valence-electron chi connectivity index (χ1n) is 9.16. The first-order chi connectivity index (χ1) is 12.9. The van der Waals surface area contributed by atoms with Gasteiger partial charge in [0.25, 0.3) is 5.91 Å². The molecule has 11 nitrogen and oxygen atoms in total. The molecule has 0 heterocycles. The van der Waals surface area contributed by atoms with Crippen LogP contribution in [0.15, 0.2) is 5.11 Å². The average molecular weight is 400 g/mol. The van der Waals surface area contributed by atoms with Crippen LogP contribution in [0.4, 0.5) is 0 Å². The summed E-state index contributed by atoms with van der Waals surface area (Å²) in [6.07, 6.45) is -1.11. The average Bonchev–Trinajstić information content (AvgIpc) is 2.61. The van der Waals surface area contributed by atoms with Crippen LogP contribution < -0.4 is 16.1 Å². The molecule has 0 radical (unpaired) electrons. The van der Waals surface area contributed by atoms with E-state index in [1.165, 1.54) is 5.48 Å². The fourth-order valence-corrected chi connectivity index (χ4v) is 2.57. The highest BCUT2D eigenvalue weighted by atomic mass is 16.5. The van der Waals surface area contributed by atoms with Gasteiger partial charge in [-0.15, -0.1) is 0 Å². The van der Waals surface area contributed by atoms with E-state index >= 15 is 0 Å². The molecule has 3 amide bonds. The maximum absolute atomic E-state index is 12.7. The van der Waals surface area contributed by atoms with Crippen LogP contribution in [0.25, 0.3) is 10.4 Å². The van der Waals surface area contributed by atoms with Gasteiger partial charge < -0.3 is 15.7 Å². The number of azide groups is 1. The summed E-state index contributed by atoms with van der Waals surface area (Å²) >= 11 is 0. The molecule has 0 aliphatic heterocycles. The summed E-state index contributed by atoms with van der Waals surface area (Å²) < 4.78 is 0. The minimum absolute atomic E-state index is 0.0144. The zero-order chi connectivity index (χ0) is 21.9. The number of carbonyl (C=O) groups excluding carboxylic acids is 3. The number of amides is 3. The van der Waals surface area contributed by atoms with Crippen molar-refractivity contribution in [3.63, 3.8) is 0 Å². The first-order valence-corrected chi connectivity index (χ1v) is 9.16. The molecule has 0 aromatic carbocycles. The van der Waals surface area contributed by atoms with Gasteiger partial charge in [0.05, 0.1) is 5.92 Å². The summed E-state index contributed by atoms with van der Waals surface area (Å²) in [6.45, 7) is 9.46. The third-order valence-corrected chi connectivity index (χ3v) is 4.03. The third-order valence-electron chi connectivity index (χ3n) is 4.03. The Labute approximate surface area is 164 Å². The Bertz CT molecular complexity index is 583. The van der Waals surface area contributed by atoms with E-state index in [-0.39, 0.29) is 25.4 Å². The van der Waals surface area contributed by atoms with Gasteiger partial charge in [-0.3, -0.25) is 19.6 Å². The standard InChI is InChI=1S/C17H32N6O5/c1-10(2)9-11(12(24)15(26)22-28)14(25)21-13(17(3,4)5)16(27)19-7-6-8-20-23-18/h10-13,24,28H,6-9H2,1-5H3,(H,19,27)(H,21,25)(H,22,26)/t11-,12+,13+/m1/s1. The van der Waals surface area contributed by atoms with E-state index in [0.29, 0.717) is 6.42 Å². The van der Waals surface area contributed by atoms with Crippen molar-refractivity contribution in [1.82, 2.24) is 16.1 Å². The van der Waals surface area contributed by atoms with Crippen molar-refractivity contribution in [2.75, 3.05) is 13.1 Å². The molecule has 0 fully saturated rings. The van der Waals surface area contributed by atoms with Crippen molar-refractivity contribution >= 4 is 17.7 Å². The highest BCUT2D eigenvalue weighted by Gasteiger charge is 2.38. The monoisotopic (exact) mass is 400 g/mol. The number of aliphatic hydroxyl groups is 1. The van der Waals surface area contributed by atoms with Crippen LogP contribution in [-0.4, -0.2) is 53.3 Å². The number of hydroxylamine groups is 1. The smallest absolute Gasteiger partial charge is 0.272 e. The van der Waals surface area contributed by atoms with Gasteiger partial charge in [0.2, 0.25) is 11.8 Å². The largest absolute Gasteiger partial charge is 0.382 e. The zero-order valence-electron chi connectivity index (χ0n) is 17.1. The fourth-order valence-electron chi connectivity index (χ4n) is 2.57. The second-order valence-corrected chi connectivity index (χ2v) is 8.06. The molecule has 0 bridgehead atoms. The second-order valence-electron chi connectivity index (χ2n) is 8.06. The lowest BCUT2D eigenvalue weighted by Gasteiger charge is -2.32. The minimum Gasteiger partial charge on any atom is -0.382 e. The minimum atomic E-state index is -1.75. The zero-order valence-corrected chi connectivity index (χ0v) is 17.1. The van der Waals surface area contributed by atoms with E-state index in [1.807, 2.05) is 13.8 Å². The van der Waals surface area contributed by atoms with Gasteiger partial charge in [-0.25, -0.2) is 5.48 Å². The molecule has 28 heavy (non-hydrogen) atoms. The highest BCUT2D eigenvalue weighted by Crippen LogP contribution is 2.22. The SMILES string of the molecule is CC(C)C[C@@H](C(=O)N[C@@H](C(=O)NCCCN=[N+]=[N-])C(C)(C)C)[C@H](O)C(=O)NO. The maximum atomic E-state index is 12.7. The summed E-state index contributed by atoms with van der Waals surface area (Å²) in [5, 5.41) is 27.5. The van der Waals surface area contributed by atoms with Crippen molar-refractivity contribution < 1.29 is 24.7 Å². The van der Waals surface area contributed by atoms with Gasteiger partial charge in [0.1, 0.15) is 12.1 Å². The molecular weight excluding hydrogens is 368 g/mol. The van der Waals surface area contributed by atoms with Crippen LogP contribution >= 0.6 is 0 Å². The van der Waals surface area contributed by atoms with Gasteiger partial charge in [0, 0.05) is 18.0 Å². The van der Waals surface area contributed by atoms with Crippen molar-refractivity contribution in [3.05, 3.63) is 10.4 Å². The van der Waals surface area contributed by atoms with E-state index in [9.17, 15) is 19.5 Å². The Morgan fingerprint density at radius 3 is 2.21 bits per heavy atom. The van der Waals surface area contributed by atoms with E-state index in [4.69, 9.17) is 10.7 Å². The highest BCUT2D eigenvalue weighted by molar-refractivity contribution is 5.92. The quantitative estimate of drug-likeness (QED) is 0.0861. The van der Waals surface area contributed by atoms with Crippen molar-refractivity contribution in [3.8, 4) is 0 Å². The number of aliphatic hydroxyl groups excluding tert-OH is 1. The van der Waals surface area contributed by atoms with Gasteiger partial charge in [-0.1, -0.05) is 39.7 Å². The van der Waals surface area contributed by atoms with Crippen LogP contribution in [-0.2, 0) is 14.4 Å². The summed E-state index contributed by atoms with van der Waals surface area (Å²) in [4.78, 5) is 39.5. The molecule has 0 aromatic heterocycles. The lowest BCUT2D eigenvalue weighted by Crippen LogP contribution is -2.56. The Morgan fingerprint density at radius 2 is 1.75 bits per heavy atom. The number of hydrogen-bond acceptors (Lipinski definition) is 6. The Balaban J connectivity index is 5.26. The summed E-state index contributed by atoms with van der Waals surface area (Å²) in [6, 6.07) is -0.918. The first kappa shape index (κ1) is 25.6. The van der Waals surface area contributed by atoms with E-state index in [2.05, 4.69) is 20.7 Å². The molecule has 0 aliphatic carbocycles. The molecule has 0 saturated heterocycles. The van der Waals surface area contributed by atoms with Crippen LogP contribution in [0, 0.1) is 17.3 Å². The molecule has 3 atom stereocenters. The van der Waals surface area contributed by atoms with Gasteiger partial charge >= 0.3 is 0 Å². The van der Waals surface area contributed by atoms with E-state index < -0.39 is 41.2 Å². The van der Waals surface area contributed by atoms with Crippen LogP contribution in [0.1, 0.15) is 47.5 Å². The predicted octanol–water partition coefficient (Wildman–Crippen LogP) is 0.863. The molecule has 0 saturated carbocycles.